The predicted molar refractivity (Wildman–Crippen MR) is 65.9 cm³/mol. The minimum Gasteiger partial charge on any atom is -0.466 e. The lowest BCUT2D eigenvalue weighted by Crippen LogP contribution is -2.13. The summed E-state index contributed by atoms with van der Waals surface area (Å²) in [6, 6.07) is 3.98. The van der Waals surface area contributed by atoms with E-state index in [-0.39, 0.29) is 36.1 Å². The Morgan fingerprint density at radius 3 is 2.45 bits per heavy atom. The molecule has 0 bridgehead atoms. The molecule has 1 aromatic rings. The Balaban J connectivity index is 3.30. The molecule has 0 radical (unpaired) electrons. The third kappa shape index (κ3) is 3.73. The average Bonchev–Trinajstić information content (AvgIpc) is 2.36. The number of nitrogens with zero attached hydrogens (tertiary/aromatic N) is 1. The summed E-state index contributed by atoms with van der Waals surface area (Å²) in [5, 5.41) is 8.97. The highest BCUT2D eigenvalue weighted by Gasteiger charge is 2.34. The molecular formula is C14H14F3NO2. The van der Waals surface area contributed by atoms with E-state index in [9.17, 15) is 18.0 Å². The van der Waals surface area contributed by atoms with Crippen molar-refractivity contribution in [3.05, 3.63) is 34.4 Å². The van der Waals surface area contributed by atoms with Crippen LogP contribution in [-0.4, -0.2) is 12.6 Å². The normalized spacial score (nSPS) is 11.0. The second-order valence-electron chi connectivity index (χ2n) is 4.11. The molecule has 0 saturated carbocycles. The summed E-state index contributed by atoms with van der Waals surface area (Å²) in [7, 11) is 0. The SMILES string of the molecule is CCOC(=O)Cc1cc(C#N)c(CC)c(C(F)(F)F)c1. The summed E-state index contributed by atoms with van der Waals surface area (Å²) < 4.78 is 43.7. The Labute approximate surface area is 115 Å². The number of benzene rings is 1. The summed E-state index contributed by atoms with van der Waals surface area (Å²) >= 11 is 0. The van der Waals surface area contributed by atoms with E-state index >= 15 is 0 Å². The van der Waals surface area contributed by atoms with E-state index < -0.39 is 17.7 Å². The van der Waals surface area contributed by atoms with Gasteiger partial charge in [0.2, 0.25) is 0 Å². The number of alkyl halides is 3. The monoisotopic (exact) mass is 285 g/mol. The fraction of sp³-hybridized carbons (Fsp3) is 0.429. The van der Waals surface area contributed by atoms with Gasteiger partial charge < -0.3 is 4.74 Å². The first-order valence-electron chi connectivity index (χ1n) is 6.12. The van der Waals surface area contributed by atoms with Gasteiger partial charge in [0.05, 0.1) is 30.2 Å². The van der Waals surface area contributed by atoms with Crippen molar-refractivity contribution in [2.24, 2.45) is 0 Å². The van der Waals surface area contributed by atoms with Crippen LogP contribution in [0.2, 0.25) is 0 Å². The lowest BCUT2D eigenvalue weighted by atomic mass is 9.95. The molecule has 0 aliphatic heterocycles. The minimum absolute atomic E-state index is 0.0485. The van der Waals surface area contributed by atoms with Gasteiger partial charge in [-0.25, -0.2) is 0 Å². The molecule has 0 spiro atoms. The molecule has 20 heavy (non-hydrogen) atoms. The van der Waals surface area contributed by atoms with E-state index in [1.165, 1.54) is 6.07 Å². The van der Waals surface area contributed by atoms with Crippen molar-refractivity contribution < 1.29 is 22.7 Å². The van der Waals surface area contributed by atoms with Crippen LogP contribution in [0, 0.1) is 11.3 Å². The van der Waals surface area contributed by atoms with Crippen molar-refractivity contribution in [3.8, 4) is 6.07 Å². The zero-order valence-electron chi connectivity index (χ0n) is 11.2. The Bertz CT molecular complexity index is 545. The molecule has 0 amide bonds. The van der Waals surface area contributed by atoms with E-state index in [1.54, 1.807) is 19.9 Å². The van der Waals surface area contributed by atoms with Crippen molar-refractivity contribution in [1.29, 1.82) is 5.26 Å². The zero-order chi connectivity index (χ0) is 15.3. The standard InChI is InChI=1S/C14H14F3NO2/c1-3-11-10(8-18)5-9(7-13(19)20-4-2)6-12(11)14(15,16)17/h5-6H,3-4,7H2,1-2H3. The van der Waals surface area contributed by atoms with Gasteiger partial charge >= 0.3 is 12.1 Å². The first-order valence-corrected chi connectivity index (χ1v) is 6.12. The third-order valence-electron chi connectivity index (χ3n) is 2.74. The Morgan fingerprint density at radius 2 is 2.00 bits per heavy atom. The van der Waals surface area contributed by atoms with Gasteiger partial charge in [-0.2, -0.15) is 18.4 Å². The molecule has 0 saturated heterocycles. The molecule has 0 aliphatic rings. The molecule has 0 atom stereocenters. The van der Waals surface area contributed by atoms with E-state index in [1.807, 2.05) is 0 Å². The van der Waals surface area contributed by atoms with Crippen molar-refractivity contribution in [2.75, 3.05) is 6.61 Å². The molecule has 0 fully saturated rings. The molecule has 0 aliphatic carbocycles. The topological polar surface area (TPSA) is 50.1 Å². The lowest BCUT2D eigenvalue weighted by molar-refractivity contribution is -0.142. The smallest absolute Gasteiger partial charge is 0.416 e. The van der Waals surface area contributed by atoms with Crippen molar-refractivity contribution in [1.82, 2.24) is 0 Å². The Morgan fingerprint density at radius 1 is 1.35 bits per heavy atom. The number of nitriles is 1. The minimum atomic E-state index is -4.55. The number of hydrogen-bond acceptors (Lipinski definition) is 3. The van der Waals surface area contributed by atoms with E-state index in [2.05, 4.69) is 0 Å². The highest BCUT2D eigenvalue weighted by Crippen LogP contribution is 2.34. The summed E-state index contributed by atoms with van der Waals surface area (Å²) in [4.78, 5) is 11.3. The van der Waals surface area contributed by atoms with Gasteiger partial charge in [-0.15, -0.1) is 0 Å². The van der Waals surface area contributed by atoms with Crippen LogP contribution in [0.4, 0.5) is 13.2 Å². The third-order valence-corrected chi connectivity index (χ3v) is 2.74. The first-order chi connectivity index (χ1) is 9.33. The van der Waals surface area contributed by atoms with E-state index in [0.29, 0.717) is 0 Å². The quantitative estimate of drug-likeness (QED) is 0.798. The second kappa shape index (κ2) is 6.42. The molecule has 3 nitrogen and oxygen atoms in total. The van der Waals surface area contributed by atoms with Crippen LogP contribution in [0.25, 0.3) is 0 Å². The number of ether oxygens (including phenoxy) is 1. The molecule has 0 aromatic heterocycles. The van der Waals surface area contributed by atoms with Crippen molar-refractivity contribution in [3.63, 3.8) is 0 Å². The maximum absolute atomic E-state index is 13.0. The Hall–Kier alpha value is -2.03. The average molecular weight is 285 g/mol. The molecular weight excluding hydrogens is 271 g/mol. The number of rotatable bonds is 4. The molecule has 1 aromatic carbocycles. The fourth-order valence-corrected chi connectivity index (χ4v) is 1.95. The number of hydrogen-bond donors (Lipinski definition) is 0. The van der Waals surface area contributed by atoms with Gasteiger partial charge in [0.15, 0.2) is 0 Å². The maximum atomic E-state index is 13.0. The lowest BCUT2D eigenvalue weighted by Gasteiger charge is -2.15. The van der Waals surface area contributed by atoms with Gasteiger partial charge in [-0.1, -0.05) is 6.92 Å². The van der Waals surface area contributed by atoms with Crippen LogP contribution >= 0.6 is 0 Å². The largest absolute Gasteiger partial charge is 0.466 e. The summed E-state index contributed by atoms with van der Waals surface area (Å²) in [5.41, 5.74) is -0.836. The van der Waals surface area contributed by atoms with Gasteiger partial charge in [0.25, 0.3) is 0 Å². The van der Waals surface area contributed by atoms with E-state index in [4.69, 9.17) is 10.00 Å². The van der Waals surface area contributed by atoms with Crippen molar-refractivity contribution >= 4 is 5.97 Å². The number of esters is 1. The summed E-state index contributed by atoms with van der Waals surface area (Å²) in [6.07, 6.45) is -4.74. The number of halogens is 3. The summed E-state index contributed by atoms with van der Waals surface area (Å²) in [6.45, 7) is 3.32. The Kier molecular flexibility index (Phi) is 5.14. The summed E-state index contributed by atoms with van der Waals surface area (Å²) in [5.74, 6) is -0.617. The van der Waals surface area contributed by atoms with Crippen LogP contribution in [-0.2, 0) is 28.5 Å². The zero-order valence-corrected chi connectivity index (χ0v) is 11.2. The molecule has 0 unspecified atom stereocenters. The maximum Gasteiger partial charge on any atom is 0.416 e. The van der Waals surface area contributed by atoms with E-state index in [0.717, 1.165) is 6.07 Å². The fourth-order valence-electron chi connectivity index (χ4n) is 1.95. The molecule has 0 heterocycles. The van der Waals surface area contributed by atoms with Crippen LogP contribution in [0.1, 0.15) is 36.1 Å². The molecule has 108 valence electrons. The number of carbonyl (C=O) groups excluding carboxylic acids is 1. The molecule has 0 N–H and O–H groups in total. The molecule has 6 heteroatoms. The molecule has 1 rings (SSSR count). The van der Waals surface area contributed by atoms with Crippen LogP contribution in [0.5, 0.6) is 0 Å². The van der Waals surface area contributed by atoms with Crippen LogP contribution in [0.3, 0.4) is 0 Å². The van der Waals surface area contributed by atoms with Gasteiger partial charge in [0.1, 0.15) is 0 Å². The highest BCUT2D eigenvalue weighted by molar-refractivity contribution is 5.73. The van der Waals surface area contributed by atoms with Gasteiger partial charge in [-0.3, -0.25) is 4.79 Å². The second-order valence-corrected chi connectivity index (χ2v) is 4.11. The van der Waals surface area contributed by atoms with Crippen molar-refractivity contribution in [2.45, 2.75) is 32.9 Å². The van der Waals surface area contributed by atoms with Gasteiger partial charge in [-0.05, 0) is 36.6 Å². The van der Waals surface area contributed by atoms with Gasteiger partial charge in [0, 0.05) is 0 Å². The van der Waals surface area contributed by atoms with Crippen LogP contribution < -0.4 is 0 Å². The predicted octanol–water partition coefficient (Wildman–Crippen LogP) is 3.25. The van der Waals surface area contributed by atoms with Crippen LogP contribution in [0.15, 0.2) is 12.1 Å². The first kappa shape index (κ1) is 16.0. The number of carbonyl (C=O) groups is 1. The highest BCUT2D eigenvalue weighted by atomic mass is 19.4.